The van der Waals surface area contributed by atoms with Crippen LogP contribution in [-0.2, 0) is 4.79 Å². The van der Waals surface area contributed by atoms with Crippen molar-refractivity contribution in [1.82, 2.24) is 4.90 Å². The van der Waals surface area contributed by atoms with Crippen LogP contribution in [0.5, 0.6) is 0 Å². The number of hydrogen-bond acceptors (Lipinski definition) is 3. The molecule has 1 saturated heterocycles. The van der Waals surface area contributed by atoms with Crippen molar-refractivity contribution in [3.63, 3.8) is 0 Å². The van der Waals surface area contributed by atoms with Gasteiger partial charge in [-0.25, -0.2) is 0 Å². The van der Waals surface area contributed by atoms with E-state index in [-0.39, 0.29) is 11.7 Å². The first kappa shape index (κ1) is 15.9. The van der Waals surface area contributed by atoms with Gasteiger partial charge >= 0.3 is 0 Å². The highest BCUT2D eigenvalue weighted by Gasteiger charge is 2.37. The largest absolute Gasteiger partial charge is 0.374 e. The lowest BCUT2D eigenvalue weighted by Crippen LogP contribution is -2.29. The summed E-state index contributed by atoms with van der Waals surface area (Å²) in [4.78, 5) is 16.9. The minimum absolute atomic E-state index is 0.0316. The summed E-state index contributed by atoms with van der Waals surface area (Å²) in [5.41, 5.74) is 3.07. The first-order chi connectivity index (χ1) is 11.7. The molecule has 0 bridgehead atoms. The van der Waals surface area contributed by atoms with E-state index in [9.17, 15) is 4.79 Å². The Kier molecular flexibility index (Phi) is 4.47. The molecule has 124 valence electrons. The highest BCUT2D eigenvalue weighted by atomic mass is 35.5. The molecule has 1 aromatic heterocycles. The first-order valence-electron chi connectivity index (χ1n) is 8.55. The molecular weight excluding hydrogens is 338 g/mol. The summed E-state index contributed by atoms with van der Waals surface area (Å²) in [7, 11) is 0. The van der Waals surface area contributed by atoms with Gasteiger partial charge in [0, 0.05) is 40.7 Å². The van der Waals surface area contributed by atoms with Gasteiger partial charge in [-0.2, -0.15) is 0 Å². The van der Waals surface area contributed by atoms with Crippen LogP contribution in [0.1, 0.15) is 42.0 Å². The second kappa shape index (κ2) is 6.73. The minimum Gasteiger partial charge on any atom is -0.374 e. The number of likely N-dealkylation sites (tertiary alicyclic amines) is 1. The molecule has 24 heavy (non-hydrogen) atoms. The van der Waals surface area contributed by atoms with Gasteiger partial charge in [-0.1, -0.05) is 29.8 Å². The predicted octanol–water partition coefficient (Wildman–Crippen LogP) is 5.36. The number of ketones is 1. The zero-order valence-corrected chi connectivity index (χ0v) is 15.1. The van der Waals surface area contributed by atoms with E-state index in [0.717, 1.165) is 30.6 Å². The fourth-order valence-electron chi connectivity index (χ4n) is 3.83. The van der Waals surface area contributed by atoms with Crippen LogP contribution in [0.3, 0.4) is 0 Å². The Hall–Kier alpha value is -1.58. The Labute approximate surface area is 151 Å². The molecule has 0 saturated carbocycles. The maximum atomic E-state index is 13.2. The molecule has 1 aliphatic carbocycles. The maximum absolute atomic E-state index is 13.2. The van der Waals surface area contributed by atoms with Gasteiger partial charge in [-0.3, -0.25) is 4.79 Å². The number of allylic oxidation sites excluding steroid dienone is 2. The lowest BCUT2D eigenvalue weighted by Gasteiger charge is -2.31. The fourth-order valence-corrected chi connectivity index (χ4v) is 4.84. The molecule has 1 unspecified atom stereocenters. The van der Waals surface area contributed by atoms with Gasteiger partial charge in [-0.15, -0.1) is 11.3 Å². The second-order valence-corrected chi connectivity index (χ2v) is 7.93. The van der Waals surface area contributed by atoms with Gasteiger partial charge in [-0.05, 0) is 48.4 Å². The average molecular weight is 358 g/mol. The third kappa shape index (κ3) is 2.91. The standard InChI is InChI=1S/C20H20ClNOS/c21-15-7-4-6-14(12-15)19-17(22-9-2-1-3-10-22)13-16(20(19)23)18-8-5-11-24-18/h4-8,11-12,16H,1-3,9-10,13H2. The number of nitrogens with zero attached hydrogens (tertiary/aromatic N) is 1. The molecule has 2 nitrogen and oxygen atoms in total. The molecule has 1 aromatic carbocycles. The molecule has 4 rings (SSSR count). The van der Waals surface area contributed by atoms with Crippen molar-refractivity contribution < 1.29 is 4.79 Å². The summed E-state index contributed by atoms with van der Waals surface area (Å²) >= 11 is 7.88. The van der Waals surface area contributed by atoms with Crippen molar-refractivity contribution in [1.29, 1.82) is 0 Å². The number of thiophene rings is 1. The molecule has 0 amide bonds. The molecule has 2 aliphatic rings. The Bertz CT molecular complexity index is 775. The van der Waals surface area contributed by atoms with Crippen molar-refractivity contribution in [2.45, 2.75) is 31.6 Å². The van der Waals surface area contributed by atoms with Crippen LogP contribution in [0, 0.1) is 0 Å². The number of halogens is 1. The monoisotopic (exact) mass is 357 g/mol. The van der Waals surface area contributed by atoms with Crippen LogP contribution in [0.4, 0.5) is 0 Å². The van der Waals surface area contributed by atoms with Crippen molar-refractivity contribution in [2.75, 3.05) is 13.1 Å². The zero-order valence-electron chi connectivity index (χ0n) is 13.5. The smallest absolute Gasteiger partial charge is 0.173 e. The molecular formula is C20H20ClNOS. The Morgan fingerprint density at radius 3 is 2.62 bits per heavy atom. The van der Waals surface area contributed by atoms with Crippen molar-refractivity contribution in [2.24, 2.45) is 0 Å². The van der Waals surface area contributed by atoms with E-state index in [1.807, 2.05) is 30.3 Å². The Morgan fingerprint density at radius 1 is 1.08 bits per heavy atom. The van der Waals surface area contributed by atoms with Crippen LogP contribution in [0.25, 0.3) is 5.57 Å². The molecule has 4 heteroatoms. The summed E-state index contributed by atoms with van der Waals surface area (Å²) < 4.78 is 0. The number of benzene rings is 1. The van der Waals surface area contributed by atoms with Crippen molar-refractivity contribution in [3.05, 3.63) is 62.9 Å². The minimum atomic E-state index is -0.0316. The third-order valence-electron chi connectivity index (χ3n) is 4.99. The summed E-state index contributed by atoms with van der Waals surface area (Å²) in [6.45, 7) is 2.12. The lowest BCUT2D eigenvalue weighted by atomic mass is 9.98. The van der Waals surface area contributed by atoms with E-state index < -0.39 is 0 Å². The number of piperidine rings is 1. The summed E-state index contributed by atoms with van der Waals surface area (Å²) in [6.07, 6.45) is 4.54. The topological polar surface area (TPSA) is 20.3 Å². The molecule has 1 atom stereocenters. The van der Waals surface area contributed by atoms with Gasteiger partial charge < -0.3 is 4.90 Å². The quantitative estimate of drug-likeness (QED) is 0.737. The number of hydrogen-bond donors (Lipinski definition) is 0. The predicted molar refractivity (Wildman–Crippen MR) is 100 cm³/mol. The Morgan fingerprint density at radius 2 is 1.92 bits per heavy atom. The van der Waals surface area contributed by atoms with E-state index in [2.05, 4.69) is 16.3 Å². The maximum Gasteiger partial charge on any atom is 0.173 e. The van der Waals surface area contributed by atoms with Gasteiger partial charge in [0.25, 0.3) is 0 Å². The molecule has 1 fully saturated rings. The summed E-state index contributed by atoms with van der Waals surface area (Å²) in [5, 5.41) is 2.74. The molecule has 2 aromatic rings. The molecule has 0 radical (unpaired) electrons. The van der Waals surface area contributed by atoms with Crippen molar-refractivity contribution in [3.8, 4) is 0 Å². The molecule has 0 spiro atoms. The van der Waals surface area contributed by atoms with Crippen LogP contribution < -0.4 is 0 Å². The van der Waals surface area contributed by atoms with E-state index in [1.165, 1.54) is 29.8 Å². The lowest BCUT2D eigenvalue weighted by molar-refractivity contribution is -0.114. The van der Waals surface area contributed by atoms with Gasteiger partial charge in [0.2, 0.25) is 0 Å². The highest BCUT2D eigenvalue weighted by molar-refractivity contribution is 7.10. The average Bonchev–Trinajstić information content (AvgIpc) is 3.23. The highest BCUT2D eigenvalue weighted by Crippen LogP contribution is 2.44. The Balaban J connectivity index is 1.77. The summed E-state index contributed by atoms with van der Waals surface area (Å²) in [6, 6.07) is 11.9. The van der Waals surface area contributed by atoms with Crippen molar-refractivity contribution >= 4 is 34.3 Å². The van der Waals surface area contributed by atoms with Gasteiger partial charge in [0.15, 0.2) is 5.78 Å². The summed E-state index contributed by atoms with van der Waals surface area (Å²) in [5.74, 6) is 0.219. The third-order valence-corrected chi connectivity index (χ3v) is 6.21. The van der Waals surface area contributed by atoms with Crippen LogP contribution >= 0.6 is 22.9 Å². The van der Waals surface area contributed by atoms with E-state index >= 15 is 0 Å². The number of carbonyl (C=O) groups is 1. The molecule has 1 aliphatic heterocycles. The number of Topliss-reactive ketones (excluding diaryl/α,β-unsaturated/α-hetero) is 1. The van der Waals surface area contributed by atoms with E-state index in [4.69, 9.17) is 11.6 Å². The first-order valence-corrected chi connectivity index (χ1v) is 9.81. The second-order valence-electron chi connectivity index (χ2n) is 6.52. The SMILES string of the molecule is O=C1C(c2cccc(Cl)c2)=C(N2CCCCC2)CC1c1cccs1. The normalized spacial score (nSPS) is 21.6. The fraction of sp³-hybridized carbons (Fsp3) is 0.350. The van der Waals surface area contributed by atoms with Gasteiger partial charge in [0.1, 0.15) is 0 Å². The van der Waals surface area contributed by atoms with E-state index in [1.54, 1.807) is 11.3 Å². The molecule has 0 N–H and O–H groups in total. The van der Waals surface area contributed by atoms with Gasteiger partial charge in [0.05, 0.1) is 5.92 Å². The molecule has 2 heterocycles. The van der Waals surface area contributed by atoms with Crippen LogP contribution in [0.2, 0.25) is 5.02 Å². The zero-order chi connectivity index (χ0) is 16.5. The number of carbonyl (C=O) groups excluding carboxylic acids is 1. The number of rotatable bonds is 3. The van der Waals surface area contributed by atoms with Crippen LogP contribution in [-0.4, -0.2) is 23.8 Å². The van der Waals surface area contributed by atoms with E-state index in [0.29, 0.717) is 5.02 Å². The van der Waals surface area contributed by atoms with Crippen LogP contribution in [0.15, 0.2) is 47.5 Å².